The van der Waals surface area contributed by atoms with Crippen molar-refractivity contribution in [3.05, 3.63) is 42.5 Å². The molecule has 0 aliphatic rings. The second-order valence-electron chi connectivity index (χ2n) is 4.53. The molecule has 6 nitrogen and oxygen atoms in total. The second-order valence-corrected chi connectivity index (χ2v) is 6.63. The van der Waals surface area contributed by atoms with Gasteiger partial charge in [0.05, 0.1) is 16.7 Å². The highest BCUT2D eigenvalue weighted by Gasteiger charge is 2.21. The minimum atomic E-state index is -4.43. The summed E-state index contributed by atoms with van der Waals surface area (Å²) in [6.07, 6.45) is 0. The first-order chi connectivity index (χ1) is 10.4. The van der Waals surface area contributed by atoms with Gasteiger partial charge in [-0.2, -0.15) is 8.42 Å². The third kappa shape index (κ3) is 4.08. The van der Waals surface area contributed by atoms with Crippen LogP contribution in [-0.2, 0) is 15.1 Å². The zero-order chi connectivity index (χ0) is 16.2. The highest BCUT2D eigenvalue weighted by atomic mass is 127. The smallest absolute Gasteiger partial charge is 0.354 e. The molecule has 2 rings (SSSR count). The summed E-state index contributed by atoms with van der Waals surface area (Å²) in [7, 11) is -4.43. The molecule has 22 heavy (non-hydrogen) atoms. The zero-order valence-electron chi connectivity index (χ0n) is 11.6. The Morgan fingerprint density at radius 2 is 1.86 bits per heavy atom. The number of benzene rings is 2. The minimum absolute atomic E-state index is 0.0464. The molecule has 0 atom stereocenters. The normalized spacial score (nSPS) is 11.4. The Balaban J connectivity index is 2.34. The summed E-state index contributed by atoms with van der Waals surface area (Å²) >= 11 is 1.92. The number of hydrogen-bond acceptors (Lipinski definition) is 3. The molecule has 2 N–H and O–H groups in total. The summed E-state index contributed by atoms with van der Waals surface area (Å²) in [5, 5.41) is 4.17. The third-order valence-electron chi connectivity index (χ3n) is 3.07. The Bertz CT molecular complexity index is 774. The lowest BCUT2D eigenvalue weighted by Crippen LogP contribution is -2.38. The van der Waals surface area contributed by atoms with Gasteiger partial charge in [-0.1, -0.05) is 59.0 Å². The number of nitrogens with one attached hydrogen (secondary N) is 1. The van der Waals surface area contributed by atoms with Gasteiger partial charge in [0.2, 0.25) is 5.91 Å². The van der Waals surface area contributed by atoms with Crippen molar-refractivity contribution in [3.8, 4) is 0 Å². The highest BCUT2D eigenvalue weighted by molar-refractivity contribution is 14.1. The Morgan fingerprint density at radius 1 is 1.18 bits per heavy atom. The van der Waals surface area contributed by atoms with E-state index in [2.05, 4.69) is 5.32 Å². The molecular weight excluding hydrogens is 419 g/mol. The Hall–Kier alpha value is -1.39. The molecule has 0 aromatic heterocycles. The average molecular weight is 434 g/mol. The number of amides is 1. The number of hydrogen-bond donors (Lipinski definition) is 2. The number of carbonyl (C=O) groups is 1. The van der Waals surface area contributed by atoms with Gasteiger partial charge >= 0.3 is 10.3 Å². The molecule has 2 aromatic carbocycles. The minimum Gasteiger partial charge on any atom is -0.354 e. The largest absolute Gasteiger partial charge is 0.360 e. The van der Waals surface area contributed by atoms with Crippen LogP contribution in [0.2, 0.25) is 0 Å². The van der Waals surface area contributed by atoms with Crippen LogP contribution >= 0.6 is 22.6 Å². The van der Waals surface area contributed by atoms with Gasteiger partial charge in [0.25, 0.3) is 0 Å². The van der Waals surface area contributed by atoms with Crippen molar-refractivity contribution >= 4 is 55.3 Å². The maximum atomic E-state index is 11.7. The first kappa shape index (κ1) is 17.0. The standard InChI is InChI=1S/C14H15IN2O4S/c15-10-14(18)16-8-9-17(22(19,20)21)13-7-3-5-11-4-1-2-6-12(11)13/h1-7H,8-10H2,(H,16,18)(H,19,20,21). The quantitative estimate of drug-likeness (QED) is 0.414. The number of anilines is 1. The van der Waals surface area contributed by atoms with Gasteiger partial charge in [-0.3, -0.25) is 9.35 Å². The lowest BCUT2D eigenvalue weighted by Gasteiger charge is -2.22. The van der Waals surface area contributed by atoms with Crippen LogP contribution in [0.1, 0.15) is 0 Å². The van der Waals surface area contributed by atoms with Crippen LogP contribution in [0, 0.1) is 0 Å². The fraction of sp³-hybridized carbons (Fsp3) is 0.214. The van der Waals surface area contributed by atoms with Crippen LogP contribution in [0.25, 0.3) is 10.8 Å². The van der Waals surface area contributed by atoms with Crippen molar-refractivity contribution in [2.75, 3.05) is 21.8 Å². The van der Waals surface area contributed by atoms with Gasteiger partial charge in [-0.15, -0.1) is 0 Å². The van der Waals surface area contributed by atoms with E-state index < -0.39 is 10.3 Å². The molecular formula is C14H15IN2O4S. The third-order valence-corrected chi connectivity index (χ3v) is 4.70. The van der Waals surface area contributed by atoms with E-state index in [9.17, 15) is 17.8 Å². The summed E-state index contributed by atoms with van der Waals surface area (Å²) in [5.74, 6) is -0.186. The highest BCUT2D eigenvalue weighted by Crippen LogP contribution is 2.27. The SMILES string of the molecule is O=C(CI)NCCN(c1cccc2ccccc12)S(=O)(=O)O. The van der Waals surface area contributed by atoms with Crippen molar-refractivity contribution in [1.82, 2.24) is 5.32 Å². The average Bonchev–Trinajstić information content (AvgIpc) is 2.49. The molecule has 0 radical (unpaired) electrons. The molecule has 118 valence electrons. The maximum Gasteiger partial charge on any atom is 0.360 e. The lowest BCUT2D eigenvalue weighted by molar-refractivity contribution is -0.118. The van der Waals surface area contributed by atoms with Gasteiger partial charge in [-0.25, -0.2) is 4.31 Å². The van der Waals surface area contributed by atoms with E-state index in [1.807, 2.05) is 40.8 Å². The van der Waals surface area contributed by atoms with E-state index in [1.54, 1.807) is 24.3 Å². The van der Waals surface area contributed by atoms with E-state index in [0.29, 0.717) is 11.1 Å². The van der Waals surface area contributed by atoms with Crippen LogP contribution in [0.4, 0.5) is 5.69 Å². The molecule has 8 heteroatoms. The van der Waals surface area contributed by atoms with Crippen molar-refractivity contribution in [2.45, 2.75) is 0 Å². The van der Waals surface area contributed by atoms with Crippen LogP contribution in [0.15, 0.2) is 42.5 Å². The number of alkyl halides is 1. The predicted molar refractivity (Wildman–Crippen MR) is 94.7 cm³/mol. The van der Waals surface area contributed by atoms with E-state index in [0.717, 1.165) is 9.69 Å². The van der Waals surface area contributed by atoms with Crippen LogP contribution < -0.4 is 9.62 Å². The van der Waals surface area contributed by atoms with Crippen molar-refractivity contribution in [1.29, 1.82) is 0 Å². The Morgan fingerprint density at radius 3 is 2.55 bits per heavy atom. The topological polar surface area (TPSA) is 86.7 Å². The molecule has 0 heterocycles. The summed E-state index contributed by atoms with van der Waals surface area (Å²) in [6.45, 7) is 0.0695. The van der Waals surface area contributed by atoms with Crippen molar-refractivity contribution < 1.29 is 17.8 Å². The van der Waals surface area contributed by atoms with Gasteiger partial charge in [0.15, 0.2) is 0 Å². The second kappa shape index (κ2) is 7.25. The predicted octanol–water partition coefficient (Wildman–Crippen LogP) is 2.00. The number of fused-ring (bicyclic) bond motifs is 1. The number of halogens is 1. The molecule has 0 fully saturated rings. The summed E-state index contributed by atoms with van der Waals surface area (Å²) < 4.78 is 34.1. The van der Waals surface area contributed by atoms with Gasteiger partial charge < -0.3 is 5.32 Å². The van der Waals surface area contributed by atoms with Gasteiger partial charge in [0.1, 0.15) is 0 Å². The molecule has 0 aliphatic carbocycles. The van der Waals surface area contributed by atoms with Crippen LogP contribution in [0.3, 0.4) is 0 Å². The van der Waals surface area contributed by atoms with Crippen LogP contribution in [0.5, 0.6) is 0 Å². The molecule has 0 saturated heterocycles. The summed E-state index contributed by atoms with van der Waals surface area (Å²) in [5.41, 5.74) is 0.379. The van der Waals surface area contributed by atoms with Crippen molar-refractivity contribution in [3.63, 3.8) is 0 Å². The van der Waals surface area contributed by atoms with Gasteiger partial charge in [0, 0.05) is 11.9 Å². The number of nitrogens with zero attached hydrogens (tertiary/aromatic N) is 1. The first-order valence-corrected chi connectivity index (χ1v) is 9.41. The first-order valence-electron chi connectivity index (χ1n) is 6.49. The molecule has 0 spiro atoms. The molecule has 0 aliphatic heterocycles. The molecule has 0 bridgehead atoms. The van der Waals surface area contributed by atoms with Gasteiger partial charge in [-0.05, 0) is 11.5 Å². The fourth-order valence-corrected chi connectivity index (χ4v) is 3.13. The molecule has 2 aromatic rings. The lowest BCUT2D eigenvalue weighted by atomic mass is 10.1. The Labute approximate surface area is 142 Å². The molecule has 1 amide bonds. The van der Waals surface area contributed by atoms with E-state index in [1.165, 1.54) is 0 Å². The summed E-state index contributed by atoms with van der Waals surface area (Å²) in [6, 6.07) is 12.5. The van der Waals surface area contributed by atoms with E-state index >= 15 is 0 Å². The van der Waals surface area contributed by atoms with E-state index in [-0.39, 0.29) is 23.4 Å². The van der Waals surface area contributed by atoms with Crippen LogP contribution in [-0.4, -0.2) is 36.4 Å². The molecule has 0 saturated carbocycles. The summed E-state index contributed by atoms with van der Waals surface area (Å²) in [4.78, 5) is 11.2. The number of rotatable bonds is 6. The maximum absolute atomic E-state index is 11.7. The monoisotopic (exact) mass is 434 g/mol. The van der Waals surface area contributed by atoms with E-state index in [4.69, 9.17) is 0 Å². The fourth-order valence-electron chi connectivity index (χ4n) is 2.13. The molecule has 0 unspecified atom stereocenters. The zero-order valence-corrected chi connectivity index (χ0v) is 14.5. The van der Waals surface area contributed by atoms with Crippen molar-refractivity contribution in [2.24, 2.45) is 0 Å². The Kier molecular flexibility index (Phi) is 5.59. The number of carbonyl (C=O) groups excluding carboxylic acids is 1.